The van der Waals surface area contributed by atoms with Crippen molar-refractivity contribution in [1.82, 2.24) is 19.6 Å². The van der Waals surface area contributed by atoms with Crippen molar-refractivity contribution in [2.24, 2.45) is 5.73 Å². The third kappa shape index (κ3) is 12.0. The van der Waals surface area contributed by atoms with Gasteiger partial charge in [0.05, 0.1) is 41.9 Å². The van der Waals surface area contributed by atoms with Gasteiger partial charge in [0, 0.05) is 84.0 Å². The first-order chi connectivity index (χ1) is 30.8. The molecule has 13 heteroatoms. The molecule has 2 aliphatic heterocycles. The molecule has 336 valence electrons. The molecule has 0 spiro atoms. The number of carbonyl (C=O) groups excluding carboxylic acids is 1. The summed E-state index contributed by atoms with van der Waals surface area (Å²) >= 11 is 0. The van der Waals surface area contributed by atoms with Crippen LogP contribution in [0.3, 0.4) is 0 Å². The highest BCUT2D eigenvalue weighted by atomic mass is 32.2. The van der Waals surface area contributed by atoms with Gasteiger partial charge in [-0.25, -0.2) is 8.42 Å². The van der Waals surface area contributed by atoms with Crippen LogP contribution in [-0.4, -0.2) is 113 Å². The van der Waals surface area contributed by atoms with Crippen molar-refractivity contribution < 1.29 is 22.7 Å². The Labute approximate surface area is 379 Å². The number of primary amides is 1. The summed E-state index contributed by atoms with van der Waals surface area (Å²) in [4.78, 5) is 25.0. The number of nitrogens with zero attached hydrogens (tertiary/aromatic N) is 5. The molecule has 1 amide bonds. The molecule has 4 fully saturated rings. The van der Waals surface area contributed by atoms with Crippen LogP contribution in [0.1, 0.15) is 87.4 Å². The van der Waals surface area contributed by atoms with E-state index in [1.165, 1.54) is 64.2 Å². The van der Waals surface area contributed by atoms with Crippen molar-refractivity contribution in [3.63, 3.8) is 0 Å². The minimum absolute atomic E-state index is 0.253. The highest BCUT2D eigenvalue weighted by molar-refractivity contribution is 7.85. The first kappa shape index (κ1) is 46.6. The molecule has 4 aliphatic rings. The maximum Gasteiger partial charge on any atom is 0.239 e. The van der Waals surface area contributed by atoms with Gasteiger partial charge in [0.15, 0.2) is 0 Å². The number of carbonyl (C=O) groups is 1. The van der Waals surface area contributed by atoms with Gasteiger partial charge >= 0.3 is 0 Å². The van der Waals surface area contributed by atoms with Crippen LogP contribution in [-0.2, 0) is 26.4 Å². The Morgan fingerprint density at radius 1 is 0.556 bits per heavy atom. The van der Waals surface area contributed by atoms with Gasteiger partial charge in [0.1, 0.15) is 23.6 Å². The molecule has 8 rings (SSSR count). The SMILES string of the molecule is COc1ccc(S(=O)c2ccc(C(C#N)N3CCN(C4CCCCC4)CC3)cc2)cc1.COc1ccc(S(=O)c2ccc(C(C(N)=O)N3CCN(C4CCCCC4)CC3)cc2)cc1. The van der Waals surface area contributed by atoms with E-state index < -0.39 is 27.6 Å². The van der Waals surface area contributed by atoms with Crippen molar-refractivity contribution >= 4 is 27.5 Å². The van der Waals surface area contributed by atoms with Crippen LogP contribution >= 0.6 is 0 Å². The van der Waals surface area contributed by atoms with E-state index in [1.807, 2.05) is 72.8 Å². The molecule has 2 heterocycles. The Hall–Kier alpha value is -4.42. The fraction of sp³-hybridized carbons (Fsp3) is 0.480. The van der Waals surface area contributed by atoms with Crippen molar-refractivity contribution in [1.29, 1.82) is 5.26 Å². The monoisotopic (exact) mass is 892 g/mol. The average molecular weight is 893 g/mol. The molecule has 4 aromatic rings. The first-order valence-corrected chi connectivity index (χ1v) is 25.0. The number of nitriles is 1. The summed E-state index contributed by atoms with van der Waals surface area (Å²) in [6.07, 6.45) is 13.4. The molecule has 0 bridgehead atoms. The number of piperazine rings is 2. The number of hydrogen-bond acceptors (Lipinski definition) is 10. The largest absolute Gasteiger partial charge is 0.497 e. The van der Waals surface area contributed by atoms with E-state index in [-0.39, 0.29) is 11.9 Å². The molecular weight excluding hydrogens is 829 g/mol. The molecule has 0 radical (unpaired) electrons. The van der Waals surface area contributed by atoms with E-state index in [2.05, 4.69) is 25.7 Å². The standard InChI is InChI=1S/C25H33N3O3S.C25H31N3O2S/c1-31-21-9-13-23(14-10-21)32(30)22-11-7-19(8-12-22)24(25(26)29)28-17-15-27(16-18-28)20-5-3-2-4-6-20;1-30-22-9-13-24(14-10-22)31(29)23-11-7-20(8-12-23)25(19-26)28-17-15-27(16-18-28)21-5-3-2-4-6-21/h7-14,20,24H,2-6,15-18H2,1H3,(H2,26,29);7-14,21,25H,2-6,15-18H2,1H3. The molecular formula is C50H64N6O5S2. The number of hydrogen-bond donors (Lipinski definition) is 1. The summed E-state index contributed by atoms with van der Waals surface area (Å²) in [5.74, 6) is 1.14. The van der Waals surface area contributed by atoms with Crippen molar-refractivity contribution in [2.75, 3.05) is 66.6 Å². The molecule has 2 aliphatic carbocycles. The Balaban J connectivity index is 0.000000189. The van der Waals surface area contributed by atoms with Crippen LogP contribution in [0.2, 0.25) is 0 Å². The highest BCUT2D eigenvalue weighted by Gasteiger charge is 2.32. The van der Waals surface area contributed by atoms with Crippen LogP contribution in [0.15, 0.2) is 117 Å². The summed E-state index contributed by atoms with van der Waals surface area (Å²) in [5, 5.41) is 9.88. The van der Waals surface area contributed by atoms with Gasteiger partial charge in [-0.1, -0.05) is 62.8 Å². The summed E-state index contributed by atoms with van der Waals surface area (Å²) in [7, 11) is 0.679. The number of ether oxygens (including phenoxy) is 2. The molecule has 63 heavy (non-hydrogen) atoms. The van der Waals surface area contributed by atoms with E-state index in [0.717, 1.165) is 90.8 Å². The summed E-state index contributed by atoms with van der Waals surface area (Å²) < 4.78 is 36.1. The maximum absolute atomic E-state index is 12.9. The lowest BCUT2D eigenvalue weighted by Gasteiger charge is -2.42. The molecule has 4 aromatic carbocycles. The van der Waals surface area contributed by atoms with Gasteiger partial charge in [-0.3, -0.25) is 24.4 Å². The number of rotatable bonds is 13. The van der Waals surface area contributed by atoms with E-state index in [4.69, 9.17) is 15.2 Å². The highest BCUT2D eigenvalue weighted by Crippen LogP contribution is 2.30. The lowest BCUT2D eigenvalue weighted by Crippen LogP contribution is -2.53. The molecule has 4 atom stereocenters. The van der Waals surface area contributed by atoms with Crippen LogP contribution in [0.25, 0.3) is 0 Å². The summed E-state index contributed by atoms with van der Waals surface area (Å²) in [6.45, 7) is 7.57. The van der Waals surface area contributed by atoms with E-state index in [0.29, 0.717) is 15.8 Å². The summed E-state index contributed by atoms with van der Waals surface area (Å²) in [5.41, 5.74) is 7.66. The van der Waals surface area contributed by atoms with Gasteiger partial charge in [-0.2, -0.15) is 5.26 Å². The second-order valence-electron chi connectivity index (χ2n) is 17.1. The Morgan fingerprint density at radius 3 is 1.25 bits per heavy atom. The molecule has 11 nitrogen and oxygen atoms in total. The van der Waals surface area contributed by atoms with Crippen molar-refractivity contribution in [2.45, 2.75) is 108 Å². The fourth-order valence-corrected chi connectivity index (χ4v) is 11.8. The third-order valence-electron chi connectivity index (χ3n) is 13.4. The number of nitrogens with two attached hydrogens (primary N) is 1. The molecule has 0 aromatic heterocycles. The van der Waals surface area contributed by atoms with Crippen LogP contribution < -0.4 is 15.2 Å². The number of benzene rings is 4. The average Bonchev–Trinajstić information content (AvgIpc) is 3.35. The molecule has 4 unspecified atom stereocenters. The minimum Gasteiger partial charge on any atom is -0.497 e. The Bertz CT molecular complexity index is 2140. The van der Waals surface area contributed by atoms with E-state index in [9.17, 15) is 18.5 Å². The van der Waals surface area contributed by atoms with Crippen LogP contribution in [0.4, 0.5) is 0 Å². The molecule has 2 saturated carbocycles. The van der Waals surface area contributed by atoms with Gasteiger partial charge in [0.25, 0.3) is 0 Å². The zero-order valence-electron chi connectivity index (χ0n) is 36.9. The lowest BCUT2D eigenvalue weighted by molar-refractivity contribution is -0.124. The van der Waals surface area contributed by atoms with Crippen molar-refractivity contribution in [3.8, 4) is 17.6 Å². The summed E-state index contributed by atoms with van der Waals surface area (Å²) in [6, 6.07) is 32.9. The third-order valence-corrected chi connectivity index (χ3v) is 16.2. The quantitative estimate of drug-likeness (QED) is 0.142. The number of methoxy groups -OCH3 is 2. The lowest BCUT2D eigenvalue weighted by atomic mass is 9.93. The van der Waals surface area contributed by atoms with Crippen molar-refractivity contribution in [3.05, 3.63) is 108 Å². The second kappa shape index (κ2) is 23.0. The molecule has 2 saturated heterocycles. The van der Waals surface area contributed by atoms with E-state index in [1.54, 1.807) is 38.5 Å². The van der Waals surface area contributed by atoms with Gasteiger partial charge < -0.3 is 15.2 Å². The van der Waals surface area contributed by atoms with Crippen LogP contribution in [0.5, 0.6) is 11.5 Å². The maximum atomic E-state index is 12.9. The predicted octanol–water partition coefficient (Wildman–Crippen LogP) is 7.72. The fourth-order valence-electron chi connectivity index (χ4n) is 9.75. The van der Waals surface area contributed by atoms with Gasteiger partial charge in [-0.05, 0) is 110 Å². The first-order valence-electron chi connectivity index (χ1n) is 22.7. The normalized spacial score (nSPS) is 20.6. The topological polar surface area (TPSA) is 132 Å². The van der Waals surface area contributed by atoms with Gasteiger partial charge in [0.2, 0.25) is 5.91 Å². The second-order valence-corrected chi connectivity index (χ2v) is 20.1. The van der Waals surface area contributed by atoms with E-state index >= 15 is 0 Å². The Morgan fingerprint density at radius 2 is 0.905 bits per heavy atom. The minimum atomic E-state index is -1.29. The van der Waals surface area contributed by atoms with Crippen LogP contribution in [0, 0.1) is 11.3 Å². The Kier molecular flexibility index (Phi) is 17.0. The van der Waals surface area contributed by atoms with Gasteiger partial charge in [-0.15, -0.1) is 0 Å². The number of amides is 1. The predicted molar refractivity (Wildman–Crippen MR) is 249 cm³/mol. The smallest absolute Gasteiger partial charge is 0.239 e. The zero-order valence-corrected chi connectivity index (χ0v) is 38.6. The molecule has 2 N–H and O–H groups in total. The zero-order chi connectivity index (χ0) is 44.1.